The maximum Gasteiger partial charge on any atom is 0.139 e. The molecule has 4 nitrogen and oxygen atoms in total. The maximum atomic E-state index is 6.00. The highest BCUT2D eigenvalue weighted by atomic mass is 35.5. The van der Waals surface area contributed by atoms with Crippen LogP contribution in [0.3, 0.4) is 0 Å². The molecule has 0 aliphatic heterocycles. The van der Waals surface area contributed by atoms with Crippen molar-refractivity contribution >= 4 is 40.5 Å². The normalized spacial score (nSPS) is 10.4. The molecule has 0 amide bonds. The Morgan fingerprint density at radius 2 is 1.65 bits per heavy atom. The molecule has 20 heavy (non-hydrogen) atoms. The summed E-state index contributed by atoms with van der Waals surface area (Å²) in [4.78, 5) is 8.94. The third-order valence-electron chi connectivity index (χ3n) is 2.87. The number of rotatable bonds is 4. The zero-order valence-corrected chi connectivity index (χ0v) is 13.1. The van der Waals surface area contributed by atoms with Gasteiger partial charge in [0.05, 0.1) is 0 Å². The number of hydrogen-bond donors (Lipinski definition) is 2. The lowest BCUT2D eigenvalue weighted by Crippen LogP contribution is -2.06. The molecule has 2 N–H and O–H groups in total. The first kappa shape index (κ1) is 14.9. The Balaban J connectivity index is 2.41. The monoisotopic (exact) mass is 310 g/mol. The fourth-order valence-corrected chi connectivity index (χ4v) is 2.37. The molecule has 0 unspecified atom stereocenters. The van der Waals surface area contributed by atoms with Crippen LogP contribution in [0.15, 0.2) is 18.2 Å². The molecule has 0 radical (unpaired) electrons. The standard InChI is InChI=1S/C14H16Cl2N4/c1-4-12-19-13(17-3)8(2)14(20-12)18-11-6-9(15)5-10(16)7-11/h5-7H,4H2,1-3H3,(H2,17,18,19,20). The molecule has 0 saturated carbocycles. The first-order valence-corrected chi connectivity index (χ1v) is 7.07. The summed E-state index contributed by atoms with van der Waals surface area (Å²) in [5.74, 6) is 2.34. The van der Waals surface area contributed by atoms with Crippen LogP contribution in [-0.4, -0.2) is 17.0 Å². The molecule has 1 aromatic heterocycles. The fraction of sp³-hybridized carbons (Fsp3) is 0.286. The van der Waals surface area contributed by atoms with Gasteiger partial charge in [0.2, 0.25) is 0 Å². The molecule has 0 fully saturated rings. The second-order valence-corrected chi connectivity index (χ2v) is 5.22. The second-order valence-electron chi connectivity index (χ2n) is 4.35. The van der Waals surface area contributed by atoms with Gasteiger partial charge in [-0.2, -0.15) is 0 Å². The van der Waals surface area contributed by atoms with Crippen LogP contribution in [0.4, 0.5) is 17.3 Å². The Morgan fingerprint density at radius 1 is 1.05 bits per heavy atom. The van der Waals surface area contributed by atoms with Gasteiger partial charge in [-0.05, 0) is 25.1 Å². The number of anilines is 3. The van der Waals surface area contributed by atoms with E-state index in [1.165, 1.54) is 0 Å². The van der Waals surface area contributed by atoms with E-state index in [1.54, 1.807) is 18.2 Å². The van der Waals surface area contributed by atoms with Crippen molar-refractivity contribution < 1.29 is 0 Å². The van der Waals surface area contributed by atoms with Crippen molar-refractivity contribution in [1.29, 1.82) is 0 Å². The molecular formula is C14H16Cl2N4. The van der Waals surface area contributed by atoms with E-state index in [0.29, 0.717) is 10.0 Å². The van der Waals surface area contributed by atoms with Gasteiger partial charge in [-0.1, -0.05) is 30.1 Å². The summed E-state index contributed by atoms with van der Waals surface area (Å²) in [6, 6.07) is 5.30. The van der Waals surface area contributed by atoms with Crippen LogP contribution in [0, 0.1) is 6.92 Å². The van der Waals surface area contributed by atoms with Crippen molar-refractivity contribution in [3.63, 3.8) is 0 Å². The second kappa shape index (κ2) is 6.29. The zero-order chi connectivity index (χ0) is 14.7. The van der Waals surface area contributed by atoms with Crippen LogP contribution in [-0.2, 0) is 6.42 Å². The first-order valence-electron chi connectivity index (χ1n) is 6.32. The van der Waals surface area contributed by atoms with E-state index in [1.807, 2.05) is 20.9 Å². The van der Waals surface area contributed by atoms with E-state index in [0.717, 1.165) is 35.1 Å². The van der Waals surface area contributed by atoms with Gasteiger partial charge >= 0.3 is 0 Å². The Labute approximate surface area is 128 Å². The molecule has 106 valence electrons. The van der Waals surface area contributed by atoms with E-state index in [9.17, 15) is 0 Å². The van der Waals surface area contributed by atoms with Gasteiger partial charge in [-0.25, -0.2) is 9.97 Å². The van der Waals surface area contributed by atoms with Crippen molar-refractivity contribution in [3.05, 3.63) is 39.6 Å². The van der Waals surface area contributed by atoms with Crippen LogP contribution < -0.4 is 10.6 Å². The smallest absolute Gasteiger partial charge is 0.139 e. The van der Waals surface area contributed by atoms with E-state index in [4.69, 9.17) is 23.2 Å². The average Bonchev–Trinajstić information content (AvgIpc) is 2.40. The summed E-state index contributed by atoms with van der Waals surface area (Å²) >= 11 is 12.0. The van der Waals surface area contributed by atoms with Gasteiger partial charge < -0.3 is 10.6 Å². The number of benzene rings is 1. The minimum atomic E-state index is 0.580. The van der Waals surface area contributed by atoms with E-state index in [2.05, 4.69) is 20.6 Å². The minimum Gasteiger partial charge on any atom is -0.373 e. The number of aryl methyl sites for hydroxylation is 1. The predicted octanol–water partition coefficient (Wildman–Crippen LogP) is 4.44. The largest absolute Gasteiger partial charge is 0.373 e. The molecule has 0 spiro atoms. The average molecular weight is 311 g/mol. The minimum absolute atomic E-state index is 0.580. The van der Waals surface area contributed by atoms with E-state index < -0.39 is 0 Å². The number of nitrogens with zero attached hydrogens (tertiary/aromatic N) is 2. The molecule has 1 aromatic carbocycles. The van der Waals surface area contributed by atoms with Gasteiger partial charge in [0.1, 0.15) is 17.5 Å². The van der Waals surface area contributed by atoms with E-state index in [-0.39, 0.29) is 0 Å². The number of nitrogens with one attached hydrogen (secondary N) is 2. The van der Waals surface area contributed by atoms with Crippen molar-refractivity contribution in [2.75, 3.05) is 17.7 Å². The lowest BCUT2D eigenvalue weighted by Gasteiger charge is -2.13. The highest BCUT2D eigenvalue weighted by Gasteiger charge is 2.10. The summed E-state index contributed by atoms with van der Waals surface area (Å²) < 4.78 is 0. The van der Waals surface area contributed by atoms with Gasteiger partial charge in [0.15, 0.2) is 0 Å². The topological polar surface area (TPSA) is 49.8 Å². The molecule has 2 aromatic rings. The van der Waals surface area contributed by atoms with Crippen molar-refractivity contribution in [3.8, 4) is 0 Å². The molecule has 0 aliphatic rings. The number of halogens is 2. The van der Waals surface area contributed by atoms with Crippen LogP contribution in [0.2, 0.25) is 10.0 Å². The third kappa shape index (κ3) is 3.32. The molecule has 6 heteroatoms. The third-order valence-corrected chi connectivity index (χ3v) is 3.31. The fourth-order valence-electron chi connectivity index (χ4n) is 1.85. The van der Waals surface area contributed by atoms with Gasteiger partial charge in [-0.15, -0.1) is 0 Å². The van der Waals surface area contributed by atoms with Crippen LogP contribution >= 0.6 is 23.2 Å². The number of hydrogen-bond acceptors (Lipinski definition) is 4. The Hall–Kier alpha value is -1.52. The molecule has 0 atom stereocenters. The van der Waals surface area contributed by atoms with Gasteiger partial charge in [-0.3, -0.25) is 0 Å². The molecule has 0 aliphatic carbocycles. The highest BCUT2D eigenvalue weighted by Crippen LogP contribution is 2.27. The van der Waals surface area contributed by atoms with Crippen LogP contribution in [0.5, 0.6) is 0 Å². The maximum absolute atomic E-state index is 6.00. The first-order chi connectivity index (χ1) is 9.53. The zero-order valence-electron chi connectivity index (χ0n) is 11.6. The quantitative estimate of drug-likeness (QED) is 0.876. The predicted molar refractivity (Wildman–Crippen MR) is 85.4 cm³/mol. The summed E-state index contributed by atoms with van der Waals surface area (Å²) in [6.45, 7) is 3.98. The van der Waals surface area contributed by atoms with Gasteiger partial charge in [0, 0.05) is 34.8 Å². The summed E-state index contributed by atoms with van der Waals surface area (Å²) in [5, 5.41) is 7.48. The molecule has 1 heterocycles. The number of aromatic nitrogens is 2. The summed E-state index contributed by atoms with van der Waals surface area (Å²) in [7, 11) is 1.84. The Bertz CT molecular complexity index is 609. The van der Waals surface area contributed by atoms with Crippen molar-refractivity contribution in [2.24, 2.45) is 0 Å². The summed E-state index contributed by atoms with van der Waals surface area (Å²) in [6.07, 6.45) is 0.764. The lowest BCUT2D eigenvalue weighted by molar-refractivity contribution is 0.935. The highest BCUT2D eigenvalue weighted by molar-refractivity contribution is 6.35. The SMILES string of the molecule is CCc1nc(NC)c(C)c(Nc2cc(Cl)cc(Cl)c2)n1. The Kier molecular flexibility index (Phi) is 4.68. The Morgan fingerprint density at radius 3 is 2.20 bits per heavy atom. The molecule has 2 rings (SSSR count). The van der Waals surface area contributed by atoms with Crippen LogP contribution in [0.1, 0.15) is 18.3 Å². The lowest BCUT2D eigenvalue weighted by atomic mass is 10.2. The molecule has 0 saturated heterocycles. The van der Waals surface area contributed by atoms with Crippen LogP contribution in [0.25, 0.3) is 0 Å². The van der Waals surface area contributed by atoms with Crippen molar-refractivity contribution in [1.82, 2.24) is 9.97 Å². The van der Waals surface area contributed by atoms with Crippen molar-refractivity contribution in [2.45, 2.75) is 20.3 Å². The molecule has 0 bridgehead atoms. The molecular weight excluding hydrogens is 295 g/mol. The van der Waals surface area contributed by atoms with Gasteiger partial charge in [0.25, 0.3) is 0 Å². The summed E-state index contributed by atoms with van der Waals surface area (Å²) in [5.41, 5.74) is 1.74. The van der Waals surface area contributed by atoms with E-state index >= 15 is 0 Å².